The minimum absolute atomic E-state index is 0.0538. The van der Waals surface area contributed by atoms with Crippen LogP contribution in [0.3, 0.4) is 0 Å². The number of methoxy groups -OCH3 is 1. The van der Waals surface area contributed by atoms with Gasteiger partial charge >= 0.3 is 11.9 Å². The van der Waals surface area contributed by atoms with Gasteiger partial charge in [0, 0.05) is 38.5 Å². The second-order valence-corrected chi connectivity index (χ2v) is 18.3. The molecule has 3 saturated heterocycles. The molecule has 18 nitrogen and oxygen atoms in total. The summed E-state index contributed by atoms with van der Waals surface area (Å²) < 4.78 is 44.1. The van der Waals surface area contributed by atoms with Gasteiger partial charge in [-0.1, -0.05) is 27.7 Å². The molecule has 3 N–H and O–H groups in total. The van der Waals surface area contributed by atoms with Gasteiger partial charge in [0.05, 0.1) is 47.6 Å². The van der Waals surface area contributed by atoms with Gasteiger partial charge in [-0.15, -0.1) is 10.1 Å². The van der Waals surface area contributed by atoms with E-state index in [1.165, 1.54) is 14.0 Å². The van der Waals surface area contributed by atoms with E-state index in [9.17, 15) is 35.0 Å². The molecule has 0 unspecified atom stereocenters. The van der Waals surface area contributed by atoms with E-state index < -0.39 is 107 Å². The van der Waals surface area contributed by atoms with Crippen molar-refractivity contribution in [1.29, 1.82) is 0 Å². The van der Waals surface area contributed by atoms with Crippen molar-refractivity contribution in [2.45, 2.75) is 199 Å². The molecule has 0 bridgehead atoms. The van der Waals surface area contributed by atoms with Gasteiger partial charge in [0.2, 0.25) is 0 Å². The summed E-state index contributed by atoms with van der Waals surface area (Å²) in [5.74, 6) is -3.42. The van der Waals surface area contributed by atoms with Gasteiger partial charge in [-0.3, -0.25) is 9.59 Å². The minimum Gasteiger partial charge on any atom is -0.459 e. The van der Waals surface area contributed by atoms with Crippen LogP contribution in [-0.2, 0) is 47.6 Å². The first kappa shape index (κ1) is 51.1. The topological polar surface area (TPSA) is 218 Å². The van der Waals surface area contributed by atoms with Crippen molar-refractivity contribution >= 4 is 11.9 Å². The summed E-state index contributed by atoms with van der Waals surface area (Å²) in [4.78, 5) is 47.6. The summed E-state index contributed by atoms with van der Waals surface area (Å²) >= 11 is 0. The SMILES string of the molecule is CCC(=O)O[C@H]1[C@H](O[C@@H]2[C@@H](C)[C@H](O[C@H]3C[C@@](C)(OC)[C@@H](O[N+](=O)[O-])[C@H](C)O3)[C@@H](C)C(=O)O[C@H](CC)[C@@](C)(O)[C@H](O)[C@@H](C)N(C)C[C@H](C)C[C@@]2(C)O)O[C@H](C)C[C@@H]1N(C)C. The Labute approximate surface area is 350 Å². The van der Waals surface area contributed by atoms with Crippen LogP contribution in [0.1, 0.15) is 108 Å². The van der Waals surface area contributed by atoms with Gasteiger partial charge in [0.1, 0.15) is 17.8 Å². The second kappa shape index (κ2) is 20.7. The van der Waals surface area contributed by atoms with Crippen molar-refractivity contribution in [3.8, 4) is 0 Å². The van der Waals surface area contributed by atoms with Crippen LogP contribution in [0.2, 0.25) is 0 Å². The number of nitrogens with zero attached hydrogens (tertiary/aromatic N) is 3. The molecule has 18 heteroatoms. The van der Waals surface area contributed by atoms with Gasteiger partial charge in [-0.25, -0.2) is 0 Å². The first-order chi connectivity index (χ1) is 27.2. The standard InChI is InChI=1S/C41H75N3O15/c1-16-29-41(11,49)34(46)26(7)43(14)21-22(3)19-39(9,48)35(58-38-33(56-30(45)17-2)28(42(12)13)18-23(4)53-38)24(5)32(25(6)37(47)55-29)57-31-20-40(10,52-15)36(27(8)54-31)59-44(50)51/h22-29,31-36,38,46,48-49H,16-21H2,1-15H3/t22-,23-,24+,25-,26-,27+,28+,29-,31+,32+,33-,34-,35-,36+,38+,39-,40-,41-/m1/s1. The van der Waals surface area contributed by atoms with Gasteiger partial charge in [-0.2, -0.15) is 0 Å². The number of aliphatic hydroxyl groups is 3. The fourth-order valence-corrected chi connectivity index (χ4v) is 9.36. The lowest BCUT2D eigenvalue weighted by Crippen LogP contribution is -2.61. The monoisotopic (exact) mass is 850 g/mol. The van der Waals surface area contributed by atoms with E-state index in [0.717, 1.165) is 0 Å². The molecule has 0 saturated carbocycles. The third kappa shape index (κ3) is 12.2. The lowest BCUT2D eigenvalue weighted by molar-refractivity contribution is -0.776. The molecule has 3 rings (SSSR count). The highest BCUT2D eigenvalue weighted by molar-refractivity contribution is 5.73. The highest BCUT2D eigenvalue weighted by Gasteiger charge is 2.54. The zero-order valence-corrected chi connectivity index (χ0v) is 38.0. The Bertz CT molecular complexity index is 1390. The van der Waals surface area contributed by atoms with Gasteiger partial charge in [0.25, 0.3) is 5.09 Å². The molecule has 0 spiro atoms. The molecule has 3 aliphatic heterocycles. The van der Waals surface area contributed by atoms with E-state index >= 15 is 0 Å². The molecule has 3 fully saturated rings. The molecule has 0 amide bonds. The molecule has 0 aliphatic carbocycles. The maximum absolute atomic E-state index is 14.4. The average Bonchev–Trinajstić information content (AvgIpc) is 3.14. The van der Waals surface area contributed by atoms with Crippen LogP contribution in [0.15, 0.2) is 0 Å². The summed E-state index contributed by atoms with van der Waals surface area (Å²) in [6.07, 6.45) is -9.36. The van der Waals surface area contributed by atoms with Gasteiger partial charge < -0.3 is 63.1 Å². The van der Waals surface area contributed by atoms with Crippen molar-refractivity contribution < 1.29 is 68.0 Å². The average molecular weight is 850 g/mol. The highest BCUT2D eigenvalue weighted by atomic mass is 17.0. The number of carbonyl (C=O) groups is 2. The van der Waals surface area contributed by atoms with Crippen LogP contribution >= 0.6 is 0 Å². The van der Waals surface area contributed by atoms with Crippen LogP contribution in [-0.4, -0.2) is 167 Å². The molecule has 3 aliphatic rings. The minimum atomic E-state index is -1.86. The number of rotatable bonds is 11. The highest BCUT2D eigenvalue weighted by Crippen LogP contribution is 2.41. The van der Waals surface area contributed by atoms with Crippen LogP contribution in [0.25, 0.3) is 0 Å². The van der Waals surface area contributed by atoms with E-state index in [-0.39, 0.29) is 43.7 Å². The first-order valence-electron chi connectivity index (χ1n) is 21.1. The fourth-order valence-electron chi connectivity index (χ4n) is 9.36. The van der Waals surface area contributed by atoms with Crippen LogP contribution in [0, 0.1) is 27.9 Å². The van der Waals surface area contributed by atoms with Crippen molar-refractivity contribution in [3.05, 3.63) is 10.1 Å². The maximum atomic E-state index is 14.4. The van der Waals surface area contributed by atoms with E-state index in [1.54, 1.807) is 55.4 Å². The Morgan fingerprint density at radius 1 is 1.00 bits per heavy atom. The number of ether oxygens (including phenoxy) is 7. The van der Waals surface area contributed by atoms with Crippen molar-refractivity contribution in [3.63, 3.8) is 0 Å². The second-order valence-electron chi connectivity index (χ2n) is 18.3. The summed E-state index contributed by atoms with van der Waals surface area (Å²) in [5, 5.41) is 46.7. The number of hydrogen-bond acceptors (Lipinski definition) is 17. The maximum Gasteiger partial charge on any atom is 0.311 e. The smallest absolute Gasteiger partial charge is 0.311 e. The summed E-state index contributed by atoms with van der Waals surface area (Å²) in [6, 6.07) is -0.896. The Balaban J connectivity index is 2.24. The van der Waals surface area contributed by atoms with Crippen LogP contribution in [0.4, 0.5) is 0 Å². The fraction of sp³-hybridized carbons (Fsp3) is 0.951. The van der Waals surface area contributed by atoms with Crippen molar-refractivity contribution in [1.82, 2.24) is 9.80 Å². The third-order valence-corrected chi connectivity index (χ3v) is 12.9. The summed E-state index contributed by atoms with van der Waals surface area (Å²) in [7, 11) is 6.97. The van der Waals surface area contributed by atoms with Gasteiger partial charge in [0.15, 0.2) is 24.8 Å². The number of hydrogen-bond donors (Lipinski definition) is 3. The number of aliphatic hydroxyl groups excluding tert-OH is 1. The lowest BCUT2D eigenvalue weighted by atomic mass is 9.77. The molecule has 0 aromatic heterocycles. The summed E-state index contributed by atoms with van der Waals surface area (Å²) in [6.45, 7) is 19.1. The normalized spacial score (nSPS) is 44.9. The van der Waals surface area contributed by atoms with E-state index in [4.69, 9.17) is 38.0 Å². The predicted octanol–water partition coefficient (Wildman–Crippen LogP) is 3.08. The predicted molar refractivity (Wildman–Crippen MR) is 214 cm³/mol. The quantitative estimate of drug-likeness (QED) is 0.155. The molecule has 0 radical (unpaired) electrons. The third-order valence-electron chi connectivity index (χ3n) is 12.9. The van der Waals surface area contributed by atoms with Crippen LogP contribution < -0.4 is 0 Å². The van der Waals surface area contributed by atoms with Crippen LogP contribution in [0.5, 0.6) is 0 Å². The number of esters is 2. The lowest BCUT2D eigenvalue weighted by Gasteiger charge is -2.49. The molecule has 3 heterocycles. The first-order valence-corrected chi connectivity index (χ1v) is 21.1. The Kier molecular flexibility index (Phi) is 18.0. The Hall–Kier alpha value is -2.26. The Morgan fingerprint density at radius 2 is 1.63 bits per heavy atom. The zero-order chi connectivity index (χ0) is 44.9. The molecular formula is C41H75N3O15. The van der Waals surface area contributed by atoms with E-state index in [2.05, 4.69) is 0 Å². The summed E-state index contributed by atoms with van der Waals surface area (Å²) in [5.41, 5.74) is -4.79. The molecular weight excluding hydrogens is 774 g/mol. The van der Waals surface area contributed by atoms with Crippen molar-refractivity contribution in [2.24, 2.45) is 17.8 Å². The van der Waals surface area contributed by atoms with Gasteiger partial charge in [-0.05, 0) is 94.8 Å². The number of cyclic esters (lactones) is 1. The van der Waals surface area contributed by atoms with E-state index in [1.807, 2.05) is 44.8 Å². The molecule has 18 atom stereocenters. The Morgan fingerprint density at radius 3 is 2.17 bits per heavy atom. The molecule has 0 aromatic rings. The zero-order valence-electron chi connectivity index (χ0n) is 38.0. The largest absolute Gasteiger partial charge is 0.459 e. The molecule has 59 heavy (non-hydrogen) atoms. The van der Waals surface area contributed by atoms with E-state index in [0.29, 0.717) is 13.0 Å². The molecule has 344 valence electrons. The number of carbonyl (C=O) groups excluding carboxylic acids is 2. The number of likely N-dealkylation sites (N-methyl/N-ethyl adjacent to an activating group) is 2. The van der Waals surface area contributed by atoms with Crippen molar-refractivity contribution in [2.75, 3.05) is 34.8 Å². The molecule has 0 aromatic carbocycles.